The number of nitriles is 1. The second kappa shape index (κ2) is 10.8. The van der Waals surface area contributed by atoms with Gasteiger partial charge in [0, 0.05) is 4.88 Å². The number of rotatable bonds is 9. The first-order valence-corrected chi connectivity index (χ1v) is 11.4. The lowest BCUT2D eigenvalue weighted by Crippen LogP contribution is -2.16. The summed E-state index contributed by atoms with van der Waals surface area (Å²) in [6, 6.07) is 9.19. The number of carbonyl (C=O) groups excluding carboxylic acids is 2. The van der Waals surface area contributed by atoms with E-state index in [1.54, 1.807) is 19.1 Å². The van der Waals surface area contributed by atoms with Gasteiger partial charge in [-0.1, -0.05) is 25.5 Å². The van der Waals surface area contributed by atoms with E-state index in [1.165, 1.54) is 17.4 Å². The molecule has 1 N–H and O–H groups in total. The van der Waals surface area contributed by atoms with E-state index in [-0.39, 0.29) is 12.2 Å². The zero-order valence-electron chi connectivity index (χ0n) is 17.8. The summed E-state index contributed by atoms with van der Waals surface area (Å²) >= 11 is 1.39. The largest absolute Gasteiger partial charge is 0.494 e. The normalized spacial score (nSPS) is 12.7. The van der Waals surface area contributed by atoms with Crippen molar-refractivity contribution in [3.05, 3.63) is 51.4 Å². The molecular formula is C24H26N2O4S. The summed E-state index contributed by atoms with van der Waals surface area (Å²) < 4.78 is 10.8. The van der Waals surface area contributed by atoms with Gasteiger partial charge < -0.3 is 14.8 Å². The molecule has 7 heteroatoms. The minimum Gasteiger partial charge on any atom is -0.494 e. The lowest BCUT2D eigenvalue weighted by Gasteiger charge is -2.08. The van der Waals surface area contributed by atoms with Gasteiger partial charge in [-0.3, -0.25) is 4.79 Å². The average molecular weight is 439 g/mol. The van der Waals surface area contributed by atoms with Crippen molar-refractivity contribution in [2.75, 3.05) is 18.5 Å². The van der Waals surface area contributed by atoms with E-state index in [2.05, 4.69) is 12.2 Å². The van der Waals surface area contributed by atoms with Gasteiger partial charge in [0.2, 0.25) is 0 Å². The van der Waals surface area contributed by atoms with Crippen LogP contribution in [0.1, 0.15) is 59.5 Å². The van der Waals surface area contributed by atoms with Crippen molar-refractivity contribution in [3.63, 3.8) is 0 Å². The van der Waals surface area contributed by atoms with Gasteiger partial charge in [-0.15, -0.1) is 11.3 Å². The highest BCUT2D eigenvalue weighted by Gasteiger charge is 2.28. The van der Waals surface area contributed by atoms with Gasteiger partial charge in [0.05, 0.1) is 18.8 Å². The zero-order valence-corrected chi connectivity index (χ0v) is 18.6. The van der Waals surface area contributed by atoms with Crippen molar-refractivity contribution in [2.45, 2.75) is 46.0 Å². The highest BCUT2D eigenvalue weighted by atomic mass is 32.1. The Morgan fingerprint density at radius 3 is 2.68 bits per heavy atom. The summed E-state index contributed by atoms with van der Waals surface area (Å²) in [4.78, 5) is 26.3. The lowest BCUT2D eigenvalue weighted by molar-refractivity contribution is -0.112. The van der Waals surface area contributed by atoms with Crippen LogP contribution < -0.4 is 10.1 Å². The molecule has 1 heterocycles. The molecule has 0 aliphatic heterocycles. The molecule has 1 aliphatic rings. The van der Waals surface area contributed by atoms with E-state index in [4.69, 9.17) is 9.47 Å². The van der Waals surface area contributed by atoms with E-state index in [0.717, 1.165) is 48.3 Å². The fourth-order valence-corrected chi connectivity index (χ4v) is 4.66. The molecule has 1 aromatic carbocycles. The number of aryl methyl sites for hydroxylation is 1. The third kappa shape index (κ3) is 5.53. The predicted octanol–water partition coefficient (Wildman–Crippen LogP) is 5.14. The molecule has 0 atom stereocenters. The zero-order chi connectivity index (χ0) is 22.2. The maximum absolute atomic E-state index is 12.8. The number of anilines is 1. The van der Waals surface area contributed by atoms with Crippen LogP contribution in [0.4, 0.5) is 5.00 Å². The first kappa shape index (κ1) is 22.6. The number of thiophene rings is 1. The quantitative estimate of drug-likeness (QED) is 0.253. The van der Waals surface area contributed by atoms with Crippen molar-refractivity contribution in [1.82, 2.24) is 0 Å². The standard InChI is InChI=1S/C24H26N2O4S/c1-3-5-13-30-18-11-9-16(10-12-18)14-17(15-25)22(27)26-23-21(24(28)29-4-2)19-7-6-8-20(19)31-23/h9-12,14H,3-8,13H2,1-2H3,(H,26,27)/b17-14+. The Labute approximate surface area is 186 Å². The number of fused-ring (bicyclic) bond motifs is 1. The molecular weight excluding hydrogens is 412 g/mol. The molecule has 0 fully saturated rings. The van der Waals surface area contributed by atoms with E-state index >= 15 is 0 Å². The minimum atomic E-state index is -0.545. The summed E-state index contributed by atoms with van der Waals surface area (Å²) in [6.07, 6.45) is 6.24. The lowest BCUT2D eigenvalue weighted by atomic mass is 10.1. The second-order valence-corrected chi connectivity index (χ2v) is 8.28. The molecule has 0 spiro atoms. The van der Waals surface area contributed by atoms with Crippen LogP contribution in [0.3, 0.4) is 0 Å². The Morgan fingerprint density at radius 1 is 1.23 bits per heavy atom. The number of nitrogens with one attached hydrogen (secondary N) is 1. The van der Waals surface area contributed by atoms with Gasteiger partial charge in [0.25, 0.3) is 5.91 Å². The molecule has 31 heavy (non-hydrogen) atoms. The van der Waals surface area contributed by atoms with Crippen LogP contribution in [0.25, 0.3) is 6.08 Å². The predicted molar refractivity (Wildman–Crippen MR) is 121 cm³/mol. The van der Waals surface area contributed by atoms with Gasteiger partial charge >= 0.3 is 5.97 Å². The second-order valence-electron chi connectivity index (χ2n) is 7.18. The van der Waals surface area contributed by atoms with Crippen LogP contribution >= 0.6 is 11.3 Å². The van der Waals surface area contributed by atoms with Crippen LogP contribution in [0.5, 0.6) is 5.75 Å². The molecule has 0 radical (unpaired) electrons. The number of benzene rings is 1. The third-order valence-electron chi connectivity index (χ3n) is 4.95. The van der Waals surface area contributed by atoms with Crippen molar-refractivity contribution in [2.24, 2.45) is 0 Å². The Kier molecular flexibility index (Phi) is 7.85. The van der Waals surface area contributed by atoms with Crippen molar-refractivity contribution < 1.29 is 19.1 Å². The molecule has 1 aromatic heterocycles. The molecule has 0 bridgehead atoms. The topological polar surface area (TPSA) is 88.4 Å². The summed E-state index contributed by atoms with van der Waals surface area (Å²) in [5, 5.41) is 12.7. The average Bonchev–Trinajstić information content (AvgIpc) is 3.34. The molecule has 0 saturated carbocycles. The number of hydrogen-bond acceptors (Lipinski definition) is 6. The van der Waals surface area contributed by atoms with Crippen LogP contribution in [-0.4, -0.2) is 25.1 Å². The fourth-order valence-electron chi connectivity index (χ4n) is 3.39. The Balaban J connectivity index is 1.76. The maximum atomic E-state index is 12.8. The molecule has 2 aromatic rings. The number of carbonyl (C=O) groups is 2. The first-order chi connectivity index (χ1) is 15.1. The maximum Gasteiger partial charge on any atom is 0.341 e. The van der Waals surface area contributed by atoms with Crippen LogP contribution in [0.15, 0.2) is 29.8 Å². The van der Waals surface area contributed by atoms with E-state index in [0.29, 0.717) is 22.7 Å². The first-order valence-electron chi connectivity index (χ1n) is 10.5. The van der Waals surface area contributed by atoms with Crippen molar-refractivity contribution in [1.29, 1.82) is 5.26 Å². The van der Waals surface area contributed by atoms with Gasteiger partial charge in [0.1, 0.15) is 22.4 Å². The summed E-state index contributed by atoms with van der Waals surface area (Å²) in [5.74, 6) is -0.227. The van der Waals surface area contributed by atoms with Crippen molar-refractivity contribution >= 4 is 34.3 Å². The molecule has 0 unspecified atom stereocenters. The summed E-state index contributed by atoms with van der Waals surface area (Å²) in [7, 11) is 0. The monoisotopic (exact) mass is 438 g/mol. The molecule has 6 nitrogen and oxygen atoms in total. The van der Waals surface area contributed by atoms with E-state index in [1.807, 2.05) is 18.2 Å². The number of nitrogens with zero attached hydrogens (tertiary/aromatic N) is 1. The van der Waals surface area contributed by atoms with Crippen LogP contribution in [0, 0.1) is 11.3 Å². The Bertz CT molecular complexity index is 1020. The van der Waals surface area contributed by atoms with Crippen molar-refractivity contribution in [3.8, 4) is 11.8 Å². The van der Waals surface area contributed by atoms with Gasteiger partial charge in [-0.2, -0.15) is 5.26 Å². The minimum absolute atomic E-state index is 0.0389. The van der Waals surface area contributed by atoms with E-state index < -0.39 is 11.9 Å². The van der Waals surface area contributed by atoms with Gasteiger partial charge in [-0.05, 0) is 61.9 Å². The molecule has 3 rings (SSSR count). The molecule has 162 valence electrons. The van der Waals surface area contributed by atoms with Crippen LogP contribution in [-0.2, 0) is 22.4 Å². The van der Waals surface area contributed by atoms with E-state index in [9.17, 15) is 14.9 Å². The molecule has 1 amide bonds. The third-order valence-corrected chi connectivity index (χ3v) is 6.16. The van der Waals surface area contributed by atoms with Gasteiger partial charge in [-0.25, -0.2) is 4.79 Å². The smallest absolute Gasteiger partial charge is 0.341 e. The summed E-state index contributed by atoms with van der Waals surface area (Å²) in [5.41, 5.74) is 2.07. The highest BCUT2D eigenvalue weighted by Crippen LogP contribution is 2.39. The number of ether oxygens (including phenoxy) is 2. The van der Waals surface area contributed by atoms with Crippen LogP contribution in [0.2, 0.25) is 0 Å². The number of amides is 1. The highest BCUT2D eigenvalue weighted by molar-refractivity contribution is 7.17. The number of unbranched alkanes of at least 4 members (excludes halogenated alkanes) is 1. The Morgan fingerprint density at radius 2 is 2.00 bits per heavy atom. The number of esters is 1. The number of hydrogen-bond donors (Lipinski definition) is 1. The Hall–Kier alpha value is -3.11. The molecule has 1 aliphatic carbocycles. The fraction of sp³-hybridized carbons (Fsp3) is 0.375. The molecule has 0 saturated heterocycles. The summed E-state index contributed by atoms with van der Waals surface area (Å²) in [6.45, 7) is 4.77. The van der Waals surface area contributed by atoms with Gasteiger partial charge in [0.15, 0.2) is 0 Å². The SMILES string of the molecule is CCCCOc1ccc(/C=C(\C#N)C(=O)Nc2sc3c(c2C(=O)OCC)CCC3)cc1.